The molecular formula is C21H34N2O5. The van der Waals surface area contributed by atoms with E-state index >= 15 is 0 Å². The van der Waals surface area contributed by atoms with Gasteiger partial charge in [-0.1, -0.05) is 0 Å². The van der Waals surface area contributed by atoms with Crippen molar-refractivity contribution in [2.24, 2.45) is 29.4 Å². The molecule has 2 spiro atoms. The zero-order chi connectivity index (χ0) is 19.6. The number of alkyl carbamates (subject to hydrolysis) is 1. The molecule has 5 saturated carbocycles. The summed E-state index contributed by atoms with van der Waals surface area (Å²) in [4.78, 5) is 24.1. The van der Waals surface area contributed by atoms with Gasteiger partial charge in [-0.05, 0) is 70.6 Å². The molecule has 28 heavy (non-hydrogen) atoms. The van der Waals surface area contributed by atoms with Crippen LogP contribution in [0.15, 0.2) is 0 Å². The lowest BCUT2D eigenvalue weighted by Gasteiger charge is -2.57. The highest BCUT2D eigenvalue weighted by molar-refractivity contribution is 5.67. The van der Waals surface area contributed by atoms with Crippen LogP contribution in [0.5, 0.6) is 0 Å². The third-order valence-electron chi connectivity index (χ3n) is 7.53. The molecule has 2 atom stereocenters. The molecule has 158 valence electrons. The smallest absolute Gasteiger partial charge is 0.407 e. The topological polar surface area (TPSA) is 92.0 Å². The highest BCUT2D eigenvalue weighted by Crippen LogP contribution is 2.63. The van der Waals surface area contributed by atoms with Crippen LogP contribution in [-0.4, -0.2) is 35.9 Å². The van der Waals surface area contributed by atoms with Crippen LogP contribution in [0.3, 0.4) is 0 Å². The van der Waals surface area contributed by atoms with Gasteiger partial charge in [-0.15, -0.1) is 0 Å². The van der Waals surface area contributed by atoms with Crippen molar-refractivity contribution in [3.05, 3.63) is 0 Å². The van der Waals surface area contributed by atoms with Crippen molar-refractivity contribution >= 4 is 6.09 Å². The number of carbonyl (C=O) groups excluding carboxylic acids is 1. The molecule has 5 aliphatic carbocycles. The predicted molar refractivity (Wildman–Crippen MR) is 101 cm³/mol. The number of hydrogen-bond donors (Lipinski definition) is 2. The van der Waals surface area contributed by atoms with E-state index in [9.17, 15) is 4.79 Å². The highest BCUT2D eigenvalue weighted by atomic mass is 17.3. The van der Waals surface area contributed by atoms with Crippen molar-refractivity contribution in [2.75, 3.05) is 6.54 Å². The Morgan fingerprint density at radius 3 is 2.46 bits per heavy atom. The van der Waals surface area contributed by atoms with Gasteiger partial charge in [0.1, 0.15) is 6.10 Å². The first-order valence-electron chi connectivity index (χ1n) is 11.1. The van der Waals surface area contributed by atoms with Gasteiger partial charge in [0.25, 0.3) is 0 Å². The van der Waals surface area contributed by atoms with Crippen molar-refractivity contribution in [1.29, 1.82) is 0 Å². The predicted octanol–water partition coefficient (Wildman–Crippen LogP) is 3.22. The van der Waals surface area contributed by atoms with Crippen LogP contribution in [0.25, 0.3) is 0 Å². The normalized spacial score (nSPS) is 47.0. The maximum atomic E-state index is 12.2. The number of rotatable bonds is 3. The number of amides is 1. The van der Waals surface area contributed by atoms with Gasteiger partial charge in [-0.3, -0.25) is 0 Å². The zero-order valence-corrected chi connectivity index (χ0v) is 17.1. The standard InChI is InChI=1S/C21H34N2O5/c1-19(2,22)12-23-18(24)25-17-4-3-5-20(11-17)26-21(28-27-20)15-7-13-6-14(9-15)10-16(21)8-13/h13-17H,3-12,22H2,1-2H3,(H,23,24)/t13?,14?,15?,16?,17-,20-,21?/m0/s1. The van der Waals surface area contributed by atoms with Crippen molar-refractivity contribution < 1.29 is 24.0 Å². The van der Waals surface area contributed by atoms with E-state index in [1.165, 1.54) is 32.1 Å². The lowest BCUT2D eigenvalue weighted by molar-refractivity contribution is -0.390. The summed E-state index contributed by atoms with van der Waals surface area (Å²) in [5.74, 6) is 1.23. The van der Waals surface area contributed by atoms with Crippen LogP contribution in [0.1, 0.15) is 71.6 Å². The Labute approximate surface area is 166 Å². The quantitative estimate of drug-likeness (QED) is 0.714. The summed E-state index contributed by atoms with van der Waals surface area (Å²) in [6, 6.07) is 0. The summed E-state index contributed by atoms with van der Waals surface area (Å²) in [7, 11) is 0. The van der Waals surface area contributed by atoms with Crippen molar-refractivity contribution in [1.82, 2.24) is 5.32 Å². The molecule has 1 saturated heterocycles. The van der Waals surface area contributed by atoms with Crippen LogP contribution in [0.2, 0.25) is 0 Å². The number of ether oxygens (including phenoxy) is 2. The first-order valence-corrected chi connectivity index (χ1v) is 11.1. The van der Waals surface area contributed by atoms with E-state index in [1.54, 1.807) is 0 Å². The molecule has 7 nitrogen and oxygen atoms in total. The van der Waals surface area contributed by atoms with E-state index in [-0.39, 0.29) is 6.10 Å². The average molecular weight is 395 g/mol. The molecule has 0 unspecified atom stereocenters. The number of nitrogens with two attached hydrogens (primary N) is 1. The third-order valence-corrected chi connectivity index (χ3v) is 7.53. The molecule has 3 N–H and O–H groups in total. The molecule has 6 fully saturated rings. The maximum absolute atomic E-state index is 12.2. The van der Waals surface area contributed by atoms with E-state index < -0.39 is 23.2 Å². The summed E-state index contributed by atoms with van der Waals surface area (Å²) in [6.07, 6.45) is 8.55. The van der Waals surface area contributed by atoms with Crippen LogP contribution in [0.4, 0.5) is 4.79 Å². The van der Waals surface area contributed by atoms with E-state index in [4.69, 9.17) is 25.0 Å². The second-order valence-corrected chi connectivity index (χ2v) is 10.7. The number of carbonyl (C=O) groups is 1. The van der Waals surface area contributed by atoms with Gasteiger partial charge >= 0.3 is 6.09 Å². The first kappa shape index (κ1) is 19.1. The second-order valence-electron chi connectivity index (χ2n) is 10.7. The molecule has 1 heterocycles. The van der Waals surface area contributed by atoms with E-state index in [2.05, 4.69) is 5.32 Å². The van der Waals surface area contributed by atoms with E-state index in [1.807, 2.05) is 13.8 Å². The minimum atomic E-state index is -0.772. The Morgan fingerprint density at radius 2 is 1.82 bits per heavy atom. The Bertz CT molecular complexity index is 605. The zero-order valence-electron chi connectivity index (χ0n) is 17.1. The van der Waals surface area contributed by atoms with Gasteiger partial charge < -0.3 is 20.5 Å². The summed E-state index contributed by atoms with van der Waals surface area (Å²) in [5.41, 5.74) is 5.45. The van der Waals surface area contributed by atoms with Crippen molar-refractivity contribution in [3.63, 3.8) is 0 Å². The molecule has 6 rings (SSSR count). The molecule has 1 amide bonds. The molecule has 0 radical (unpaired) electrons. The fourth-order valence-electron chi connectivity index (χ4n) is 6.52. The van der Waals surface area contributed by atoms with Crippen molar-refractivity contribution in [2.45, 2.75) is 94.9 Å². The van der Waals surface area contributed by atoms with Gasteiger partial charge in [0.2, 0.25) is 11.6 Å². The van der Waals surface area contributed by atoms with Crippen LogP contribution < -0.4 is 11.1 Å². The average Bonchev–Trinajstić information content (AvgIpc) is 2.97. The van der Waals surface area contributed by atoms with Crippen LogP contribution in [0, 0.1) is 23.7 Å². The summed E-state index contributed by atoms with van der Waals surface area (Å²) in [6.45, 7) is 4.10. The molecule has 7 heteroatoms. The van der Waals surface area contributed by atoms with Crippen LogP contribution in [-0.2, 0) is 19.2 Å². The number of nitrogens with one attached hydrogen (secondary N) is 1. The summed E-state index contributed by atoms with van der Waals surface area (Å²) < 4.78 is 12.4. The summed E-state index contributed by atoms with van der Waals surface area (Å²) >= 11 is 0. The summed E-state index contributed by atoms with van der Waals surface area (Å²) in [5, 5.41) is 2.75. The third kappa shape index (κ3) is 3.34. The lowest BCUT2D eigenvalue weighted by atomic mass is 9.53. The maximum Gasteiger partial charge on any atom is 0.407 e. The molecule has 6 aliphatic rings. The largest absolute Gasteiger partial charge is 0.446 e. The van der Waals surface area contributed by atoms with E-state index in [0.717, 1.165) is 31.1 Å². The number of hydrogen-bond acceptors (Lipinski definition) is 6. The van der Waals surface area contributed by atoms with Gasteiger partial charge in [0.05, 0.1) is 0 Å². The molecule has 0 aromatic rings. The van der Waals surface area contributed by atoms with Gasteiger partial charge in [-0.25, -0.2) is 4.79 Å². The van der Waals surface area contributed by atoms with Crippen molar-refractivity contribution in [3.8, 4) is 0 Å². The van der Waals surface area contributed by atoms with E-state index in [0.29, 0.717) is 24.8 Å². The SMILES string of the molecule is CC(C)(N)CNC(=O)O[C@H]1CCC[C@@]2(C1)OOC1(O2)C2CC3CC(C2)CC1C3. The molecule has 1 aliphatic heterocycles. The first-order chi connectivity index (χ1) is 13.3. The minimum Gasteiger partial charge on any atom is -0.446 e. The molecule has 0 aromatic carbocycles. The Hall–Kier alpha value is -0.890. The lowest BCUT2D eigenvalue weighted by Crippen LogP contribution is -2.59. The monoisotopic (exact) mass is 394 g/mol. The fourth-order valence-corrected chi connectivity index (χ4v) is 6.52. The van der Waals surface area contributed by atoms with Gasteiger partial charge in [-0.2, -0.15) is 9.78 Å². The molecule has 0 aromatic heterocycles. The Balaban J connectivity index is 1.23. The fraction of sp³-hybridized carbons (Fsp3) is 0.952. The molecular weight excluding hydrogens is 360 g/mol. The Morgan fingerprint density at radius 1 is 1.14 bits per heavy atom. The Kier molecular flexibility index (Phi) is 4.47. The molecule has 4 bridgehead atoms. The van der Waals surface area contributed by atoms with Gasteiger partial charge in [0, 0.05) is 36.8 Å². The van der Waals surface area contributed by atoms with Gasteiger partial charge in [0.15, 0.2) is 0 Å². The minimum absolute atomic E-state index is 0.231. The highest BCUT2D eigenvalue weighted by Gasteiger charge is 2.67. The second kappa shape index (κ2) is 6.56. The van der Waals surface area contributed by atoms with Crippen LogP contribution >= 0.6 is 0 Å².